The van der Waals surface area contributed by atoms with E-state index in [1.54, 1.807) is 49.1 Å². The monoisotopic (exact) mass is 1120 g/mol. The fraction of sp³-hybridized carbons (Fsp3) is 0.222. The first-order valence-electron chi connectivity index (χ1n) is 18.6. The van der Waals surface area contributed by atoms with Gasteiger partial charge in [-0.05, 0) is 115 Å². The van der Waals surface area contributed by atoms with E-state index in [0.717, 1.165) is 22.8 Å². The molecule has 1 aromatic carbocycles. The van der Waals surface area contributed by atoms with Crippen LogP contribution in [0, 0.1) is 20.5 Å². The number of hydrogen-bond acceptors (Lipinski definition) is 19. The van der Waals surface area contributed by atoms with Gasteiger partial charge in [0.2, 0.25) is 0 Å². The number of hydrogen-bond donors (Lipinski definition) is 0. The molecule has 0 saturated carbocycles. The zero-order valence-corrected chi connectivity index (χ0v) is 42.8. The Morgan fingerprint density at radius 1 is 0.371 bits per heavy atom. The van der Waals surface area contributed by atoms with Crippen molar-refractivity contribution in [1.29, 1.82) is 0 Å². The first-order chi connectivity index (χ1) is 30.4. The second-order valence-electron chi connectivity index (χ2n) is 12.9. The molecule has 0 bridgehead atoms. The Kier molecular flexibility index (Phi) is 48.8. The van der Waals surface area contributed by atoms with Crippen molar-refractivity contribution in [1.82, 2.24) is 19.9 Å². The summed E-state index contributed by atoms with van der Waals surface area (Å²) in [6.07, 6.45) is 7.07. The first-order valence-corrected chi connectivity index (χ1v) is 21.0. The molecule has 0 aliphatic rings. The molecule has 5 rings (SSSR count). The molecule has 0 spiro atoms. The van der Waals surface area contributed by atoms with Gasteiger partial charge in [-0.25, -0.2) is 37.3 Å². The van der Waals surface area contributed by atoms with E-state index in [4.69, 9.17) is 37.3 Å². The summed E-state index contributed by atoms with van der Waals surface area (Å²) in [6, 6.07) is 29.6. The number of carbonyl (C=O) groups excluding carboxylic acids is 5. The molecule has 25 heteroatoms. The molecule has 2 radical (unpaired) electrons. The summed E-state index contributed by atoms with van der Waals surface area (Å²) in [6.45, 7) is 14.3. The van der Waals surface area contributed by atoms with Crippen LogP contribution in [0.1, 0.15) is 80.4 Å². The average Bonchev–Trinajstić information content (AvgIpc) is 3.18. The van der Waals surface area contributed by atoms with E-state index in [9.17, 15) is 34.2 Å². The molecule has 0 fully saturated rings. The number of nitrogens with zero attached hydrogens (tertiary/aromatic N) is 4. The summed E-state index contributed by atoms with van der Waals surface area (Å²) in [4.78, 5) is 68.4. The van der Waals surface area contributed by atoms with Crippen LogP contribution >= 0.6 is 0 Å². The smallest absolute Gasteiger partial charge is 0.875 e. The molecule has 0 unspecified atom stereocenters. The average molecular weight is 1120 g/mol. The van der Waals surface area contributed by atoms with Gasteiger partial charge in [0, 0.05) is 35.9 Å². The van der Waals surface area contributed by atoms with Crippen molar-refractivity contribution in [3.63, 3.8) is 0 Å². The summed E-state index contributed by atoms with van der Waals surface area (Å²) >= 11 is 0. The second kappa shape index (κ2) is 43.5. The third-order valence-electron chi connectivity index (χ3n) is 6.06. The number of allylic oxidation sites excluding steroid dienone is 4. The van der Waals surface area contributed by atoms with Crippen LogP contribution in [0.5, 0.6) is 0 Å². The van der Waals surface area contributed by atoms with Crippen molar-refractivity contribution in [2.75, 3.05) is 0 Å². The van der Waals surface area contributed by atoms with E-state index < -0.39 is 43.6 Å². The predicted octanol–water partition coefficient (Wildman–Crippen LogP) is -4.14. The number of pyridine rings is 4. The number of halogens is 2. The van der Waals surface area contributed by atoms with Gasteiger partial charge in [-0.2, -0.15) is 0 Å². The molecule has 21 nitrogen and oxygen atoms in total. The molecule has 4 heterocycles. The summed E-state index contributed by atoms with van der Waals surface area (Å²) in [5.41, 5.74) is 4.31. The van der Waals surface area contributed by atoms with Crippen LogP contribution < -0.4 is 47.5 Å². The van der Waals surface area contributed by atoms with Gasteiger partial charge in [-0.3, -0.25) is 29.5 Å². The Labute approximate surface area is 431 Å². The maximum atomic E-state index is 11.7. The Morgan fingerprint density at radius 3 is 0.643 bits per heavy atom. The molecule has 0 saturated heterocycles. The number of ketones is 5. The Balaban J connectivity index is -0.000000140. The first kappa shape index (κ1) is 78.6. The zero-order valence-electron chi connectivity index (χ0n) is 39.4. The minimum atomic E-state index is -4.94. The molecule has 70 heavy (non-hydrogen) atoms. The van der Waals surface area contributed by atoms with Gasteiger partial charge < -0.3 is 35.5 Å². The molecule has 392 valence electrons. The van der Waals surface area contributed by atoms with Crippen LogP contribution in [0.3, 0.4) is 0 Å². The fourth-order valence-corrected chi connectivity index (χ4v) is 4.23. The van der Waals surface area contributed by atoms with E-state index in [0.29, 0.717) is 11.1 Å². The molecule has 5 aromatic rings. The zero-order chi connectivity index (χ0) is 51.6. The van der Waals surface area contributed by atoms with Crippen LogP contribution in [0.2, 0.25) is 0 Å². The Bertz CT molecular complexity index is 1990. The standard InChI is InChI=1S/C16H18O4.2C10H8N2.3C3H6O.2ClHO4.2Cu.2H2O/c1-9(17)15(10(2)18)13-7-5-6-8-14(13)16(11(3)19)12(4)20;2*1-3-7-11-9(5-1)10-6-2-4-8-12-10;3*1-3(2)4;2*2-1(3,4)5;;;;/h5-8,17,19H,1-4H3;2*1-8H;3*1-2H3;2*(H,2,3,4,5);;;2*1H2/q;;;;;;;;2*+2;;/p-3/b15-9+,16-11+;;;;;;;;;;;. The molecule has 4 aromatic heterocycles. The van der Waals surface area contributed by atoms with E-state index in [1.807, 2.05) is 72.8 Å². The van der Waals surface area contributed by atoms with Crippen molar-refractivity contribution in [2.45, 2.75) is 69.2 Å². The normalized spacial score (nSPS) is 9.97. The van der Waals surface area contributed by atoms with Gasteiger partial charge in [0.1, 0.15) is 17.3 Å². The van der Waals surface area contributed by atoms with E-state index in [-0.39, 0.29) is 73.6 Å². The van der Waals surface area contributed by atoms with E-state index in [2.05, 4.69) is 19.9 Å². The molecule has 5 N–H and O–H groups in total. The number of rotatable bonds is 6. The predicted molar refractivity (Wildman–Crippen MR) is 225 cm³/mol. The Morgan fingerprint density at radius 2 is 0.529 bits per heavy atom. The van der Waals surface area contributed by atoms with Gasteiger partial charge >= 0.3 is 34.1 Å². The van der Waals surface area contributed by atoms with Crippen LogP contribution in [0.4, 0.5) is 0 Å². The summed E-state index contributed by atoms with van der Waals surface area (Å²) in [5, 5.41) is 23.3. The number of aromatic nitrogens is 4. The topological polar surface area (TPSA) is 432 Å². The molecule has 0 aliphatic carbocycles. The van der Waals surface area contributed by atoms with E-state index in [1.165, 1.54) is 69.2 Å². The summed E-state index contributed by atoms with van der Waals surface area (Å²) < 4.78 is 67.9. The molecular weight excluding hydrogens is 1070 g/mol. The van der Waals surface area contributed by atoms with Gasteiger partial charge in [0.25, 0.3) is 0 Å². The van der Waals surface area contributed by atoms with Gasteiger partial charge in [0.05, 0.1) is 22.8 Å². The SMILES string of the molecule is CC(=O)/C(=C(/C)[O-])c1ccccc1/C(C(C)=O)=C(\C)[O-].CC(C)=O.CC(C)=O.CC(C)=O.O.[Cu+2].[Cu+2].[O-][Cl+3]([O-])([O-])[O-].[O-][Cl+3]([O-])([O-])[O-].[OH3+].c1ccc(-c2ccccn2)nc1.c1ccc(-c2ccccn2)nc1. The minimum absolute atomic E-state index is 0. The Hall–Kier alpha value is -5.53. The maximum Gasteiger partial charge on any atom is 2.00 e. The molecular formula is C45H55Cl2Cu2N4O17+. The number of benzene rings is 1. The second-order valence-corrected chi connectivity index (χ2v) is 14.4. The summed E-state index contributed by atoms with van der Waals surface area (Å²) in [7, 11) is -9.89. The fourth-order valence-electron chi connectivity index (χ4n) is 4.23. The number of carbonyl (C=O) groups is 5. The minimum Gasteiger partial charge on any atom is -0.875 e. The molecule has 0 atom stereocenters. The van der Waals surface area contributed by atoms with Gasteiger partial charge in [-0.15, -0.1) is 32.0 Å². The number of Topliss-reactive ketones (excluding diaryl/α,β-unsaturated/α-hetero) is 5. The van der Waals surface area contributed by atoms with Crippen molar-refractivity contribution in [3.8, 4) is 22.8 Å². The van der Waals surface area contributed by atoms with Gasteiger partial charge in [-0.1, -0.05) is 62.4 Å². The third kappa shape index (κ3) is 48.9. The van der Waals surface area contributed by atoms with Crippen molar-refractivity contribution in [3.05, 3.63) is 144 Å². The van der Waals surface area contributed by atoms with Gasteiger partial charge in [0.15, 0.2) is 11.6 Å². The maximum absolute atomic E-state index is 11.7. The summed E-state index contributed by atoms with van der Waals surface area (Å²) in [5.74, 6) is -1.07. The van der Waals surface area contributed by atoms with Crippen molar-refractivity contribution in [2.24, 2.45) is 0 Å². The van der Waals surface area contributed by atoms with Crippen LogP contribution in [-0.2, 0) is 63.6 Å². The van der Waals surface area contributed by atoms with E-state index >= 15 is 0 Å². The molecule has 0 aliphatic heterocycles. The van der Waals surface area contributed by atoms with Crippen LogP contribution in [0.25, 0.3) is 33.9 Å². The van der Waals surface area contributed by atoms with Crippen LogP contribution in [-0.4, -0.2) is 54.3 Å². The van der Waals surface area contributed by atoms with Crippen molar-refractivity contribution >= 4 is 40.1 Å². The third-order valence-corrected chi connectivity index (χ3v) is 6.06. The van der Waals surface area contributed by atoms with Crippen molar-refractivity contribution < 1.29 is 137 Å². The van der Waals surface area contributed by atoms with Crippen LogP contribution in [0.15, 0.2) is 133 Å². The quantitative estimate of drug-likeness (QED) is 0.0674. The largest absolute Gasteiger partial charge is 2.00 e. The molecule has 0 amide bonds.